The van der Waals surface area contributed by atoms with Crippen LogP contribution in [-0.4, -0.2) is 33.6 Å². The smallest absolute Gasteiger partial charge is 0.361 e. The third kappa shape index (κ3) is 3.29. The number of fused-ring (bicyclic) bond motifs is 1. The van der Waals surface area contributed by atoms with E-state index in [1.807, 2.05) is 32.0 Å². The van der Waals surface area contributed by atoms with E-state index in [4.69, 9.17) is 0 Å². The molecule has 0 aliphatic carbocycles. The van der Waals surface area contributed by atoms with Gasteiger partial charge in [-0.15, -0.1) is 0 Å². The van der Waals surface area contributed by atoms with Crippen molar-refractivity contribution in [2.45, 2.75) is 26.6 Å². The van der Waals surface area contributed by atoms with Gasteiger partial charge in [0.1, 0.15) is 0 Å². The summed E-state index contributed by atoms with van der Waals surface area (Å²) in [5.74, 6) is -1.01. The second kappa shape index (κ2) is 6.02. The van der Waals surface area contributed by atoms with Crippen LogP contribution in [0.5, 0.6) is 0 Å². The third-order valence-corrected chi connectivity index (χ3v) is 4.05. The fourth-order valence-corrected chi connectivity index (χ4v) is 2.58. The highest BCUT2D eigenvalue weighted by Crippen LogP contribution is 2.30. The molecule has 0 fully saturated rings. The Balaban J connectivity index is 2.13. The summed E-state index contributed by atoms with van der Waals surface area (Å²) in [5, 5.41) is 0. The van der Waals surface area contributed by atoms with Crippen molar-refractivity contribution < 1.29 is 13.2 Å². The van der Waals surface area contributed by atoms with Crippen molar-refractivity contribution in [2.75, 3.05) is 19.0 Å². The number of anilines is 1. The Morgan fingerprint density at radius 3 is 2.40 bits per heavy atom. The molecule has 0 saturated carbocycles. The number of hydrogen-bond acceptors (Lipinski definition) is 4. The number of nitrogens with zero attached hydrogens (tertiary/aromatic N) is 5. The van der Waals surface area contributed by atoms with Crippen LogP contribution in [0.3, 0.4) is 0 Å². The Morgan fingerprint density at radius 1 is 1.08 bits per heavy atom. The van der Waals surface area contributed by atoms with Crippen LogP contribution in [0.25, 0.3) is 11.2 Å². The second-order valence-corrected chi connectivity index (χ2v) is 6.23. The first-order valence-corrected chi connectivity index (χ1v) is 7.70. The number of rotatable bonds is 3. The summed E-state index contributed by atoms with van der Waals surface area (Å²) in [6, 6.07) is 5.96. The Labute approximate surface area is 143 Å². The average Bonchev–Trinajstić information content (AvgIpc) is 2.92. The quantitative estimate of drug-likeness (QED) is 0.725. The van der Waals surface area contributed by atoms with Gasteiger partial charge in [0.05, 0.1) is 12.9 Å². The Hall–Kier alpha value is -2.64. The minimum atomic E-state index is -4.62. The van der Waals surface area contributed by atoms with Gasteiger partial charge in [0.15, 0.2) is 17.0 Å². The van der Waals surface area contributed by atoms with Gasteiger partial charge in [-0.05, 0) is 30.5 Å². The molecule has 132 valence electrons. The standard InChI is InChI=1S/C17H18F3N5/c1-10-5-6-12(7-11(10)2)8-25-9-21-13-14(24(3)4)22-16(17(18,19)20)23-15(13)25/h5-7,9H,8H2,1-4H3. The van der Waals surface area contributed by atoms with Crippen LogP contribution < -0.4 is 4.90 Å². The fraction of sp³-hybridized carbons (Fsp3) is 0.353. The van der Waals surface area contributed by atoms with Crippen molar-refractivity contribution in [3.05, 3.63) is 47.0 Å². The molecule has 0 spiro atoms. The van der Waals surface area contributed by atoms with Crippen LogP contribution in [0.4, 0.5) is 19.0 Å². The molecule has 0 atom stereocenters. The van der Waals surface area contributed by atoms with E-state index < -0.39 is 12.0 Å². The molecule has 0 radical (unpaired) electrons. The van der Waals surface area contributed by atoms with Gasteiger partial charge in [0.25, 0.3) is 0 Å². The summed E-state index contributed by atoms with van der Waals surface area (Å²) in [4.78, 5) is 13.1. The van der Waals surface area contributed by atoms with E-state index in [0.717, 1.165) is 16.7 Å². The zero-order valence-corrected chi connectivity index (χ0v) is 14.4. The van der Waals surface area contributed by atoms with E-state index in [0.29, 0.717) is 12.1 Å². The van der Waals surface area contributed by atoms with Crippen molar-refractivity contribution in [3.8, 4) is 0 Å². The highest BCUT2D eigenvalue weighted by atomic mass is 19.4. The SMILES string of the molecule is Cc1ccc(Cn2cnc3c(N(C)C)nc(C(F)(F)F)nc32)cc1C. The van der Waals surface area contributed by atoms with E-state index in [2.05, 4.69) is 15.0 Å². The maximum Gasteiger partial charge on any atom is 0.451 e. The minimum absolute atomic E-state index is 0.149. The van der Waals surface area contributed by atoms with Gasteiger partial charge in [-0.3, -0.25) is 0 Å². The molecule has 0 bridgehead atoms. The van der Waals surface area contributed by atoms with E-state index in [1.165, 1.54) is 11.2 Å². The number of alkyl halides is 3. The third-order valence-electron chi connectivity index (χ3n) is 4.05. The highest BCUT2D eigenvalue weighted by molar-refractivity contribution is 5.83. The minimum Gasteiger partial charge on any atom is -0.361 e. The molecule has 2 heterocycles. The Morgan fingerprint density at radius 2 is 1.80 bits per heavy atom. The first-order chi connectivity index (χ1) is 11.7. The number of aryl methyl sites for hydroxylation is 2. The van der Waals surface area contributed by atoms with Crippen LogP contribution in [0.2, 0.25) is 0 Å². The van der Waals surface area contributed by atoms with Crippen molar-refractivity contribution in [2.24, 2.45) is 0 Å². The molecule has 2 aromatic heterocycles. The maximum atomic E-state index is 13.1. The van der Waals surface area contributed by atoms with Gasteiger partial charge in [0, 0.05) is 14.1 Å². The molecule has 0 unspecified atom stereocenters. The van der Waals surface area contributed by atoms with Gasteiger partial charge in [-0.1, -0.05) is 18.2 Å². The highest BCUT2D eigenvalue weighted by Gasteiger charge is 2.36. The van der Waals surface area contributed by atoms with E-state index in [1.54, 1.807) is 18.7 Å². The van der Waals surface area contributed by atoms with Gasteiger partial charge in [-0.25, -0.2) is 15.0 Å². The van der Waals surface area contributed by atoms with Crippen LogP contribution in [0, 0.1) is 13.8 Å². The summed E-state index contributed by atoms with van der Waals surface area (Å²) >= 11 is 0. The van der Waals surface area contributed by atoms with E-state index in [9.17, 15) is 13.2 Å². The molecular formula is C17H18F3N5. The maximum absolute atomic E-state index is 13.1. The van der Waals surface area contributed by atoms with Crippen molar-refractivity contribution in [1.29, 1.82) is 0 Å². The molecule has 0 aliphatic rings. The largest absolute Gasteiger partial charge is 0.451 e. The second-order valence-electron chi connectivity index (χ2n) is 6.23. The van der Waals surface area contributed by atoms with Crippen LogP contribution in [0.1, 0.15) is 22.5 Å². The Bertz CT molecular complexity index is 928. The lowest BCUT2D eigenvalue weighted by atomic mass is 10.1. The van der Waals surface area contributed by atoms with E-state index in [-0.39, 0.29) is 11.5 Å². The summed E-state index contributed by atoms with van der Waals surface area (Å²) in [7, 11) is 3.26. The molecule has 5 nitrogen and oxygen atoms in total. The monoisotopic (exact) mass is 349 g/mol. The first kappa shape index (κ1) is 17.2. The lowest BCUT2D eigenvalue weighted by Gasteiger charge is -2.14. The molecule has 0 amide bonds. The number of hydrogen-bond donors (Lipinski definition) is 0. The number of halogens is 3. The summed E-state index contributed by atoms with van der Waals surface area (Å²) in [6.45, 7) is 4.40. The molecule has 0 N–H and O–H groups in total. The molecule has 3 aromatic rings. The molecular weight excluding hydrogens is 331 g/mol. The summed E-state index contributed by atoms with van der Waals surface area (Å²) in [5.41, 5.74) is 3.78. The molecule has 25 heavy (non-hydrogen) atoms. The molecule has 0 aliphatic heterocycles. The Kier molecular flexibility index (Phi) is 4.14. The van der Waals surface area contributed by atoms with Crippen LogP contribution >= 0.6 is 0 Å². The van der Waals surface area contributed by atoms with Crippen molar-refractivity contribution >= 4 is 17.0 Å². The number of imidazole rings is 1. The zero-order chi connectivity index (χ0) is 18.4. The first-order valence-electron chi connectivity index (χ1n) is 7.70. The average molecular weight is 349 g/mol. The van der Waals surface area contributed by atoms with E-state index >= 15 is 0 Å². The van der Waals surface area contributed by atoms with Crippen LogP contribution in [-0.2, 0) is 12.7 Å². The fourth-order valence-electron chi connectivity index (χ4n) is 2.58. The number of aromatic nitrogens is 4. The predicted molar refractivity (Wildman–Crippen MR) is 89.7 cm³/mol. The topological polar surface area (TPSA) is 46.8 Å². The molecule has 0 saturated heterocycles. The number of benzene rings is 1. The van der Waals surface area contributed by atoms with Gasteiger partial charge in [0.2, 0.25) is 5.82 Å². The van der Waals surface area contributed by atoms with Crippen molar-refractivity contribution in [1.82, 2.24) is 19.5 Å². The lowest BCUT2D eigenvalue weighted by molar-refractivity contribution is -0.144. The normalized spacial score (nSPS) is 12.0. The van der Waals surface area contributed by atoms with Crippen molar-refractivity contribution in [3.63, 3.8) is 0 Å². The summed E-state index contributed by atoms with van der Waals surface area (Å²) < 4.78 is 41.1. The molecule has 8 heteroatoms. The summed E-state index contributed by atoms with van der Waals surface area (Å²) in [6.07, 6.45) is -3.11. The zero-order valence-electron chi connectivity index (χ0n) is 14.4. The van der Waals surface area contributed by atoms with Crippen LogP contribution in [0.15, 0.2) is 24.5 Å². The molecule has 1 aromatic carbocycles. The van der Waals surface area contributed by atoms with Gasteiger partial charge >= 0.3 is 6.18 Å². The lowest BCUT2D eigenvalue weighted by Crippen LogP contribution is -2.18. The van der Waals surface area contributed by atoms with Gasteiger partial charge < -0.3 is 9.47 Å². The molecule has 3 rings (SSSR count). The van der Waals surface area contributed by atoms with Gasteiger partial charge in [-0.2, -0.15) is 13.2 Å². The predicted octanol–water partition coefficient (Wildman–Crippen LogP) is 3.58.